The molecular formula is C14H13N3O3. The number of rotatable bonds is 4. The van der Waals surface area contributed by atoms with Gasteiger partial charge < -0.3 is 5.32 Å². The smallest absolute Gasteiger partial charge is 0.270 e. The lowest BCUT2D eigenvalue weighted by molar-refractivity contribution is -0.384. The van der Waals surface area contributed by atoms with E-state index in [-0.39, 0.29) is 23.2 Å². The Morgan fingerprint density at radius 1 is 1.35 bits per heavy atom. The Bertz CT molecular complexity index is 629. The molecule has 6 heteroatoms. The predicted octanol–water partition coefficient (Wildman–Crippen LogP) is 2.48. The van der Waals surface area contributed by atoms with Gasteiger partial charge in [-0.05, 0) is 24.6 Å². The third kappa shape index (κ3) is 3.17. The monoisotopic (exact) mass is 271 g/mol. The van der Waals surface area contributed by atoms with Gasteiger partial charge in [0.1, 0.15) is 0 Å². The van der Waals surface area contributed by atoms with Crippen LogP contribution in [0.15, 0.2) is 48.8 Å². The molecule has 2 rings (SSSR count). The highest BCUT2D eigenvalue weighted by atomic mass is 16.6. The standard InChI is InChI=1S/C14H13N3O3/c1-10(12-5-3-7-15-9-12)16-14(18)11-4-2-6-13(8-11)17(19)20/h2-10H,1H3,(H,16,18). The van der Waals surface area contributed by atoms with Crippen molar-refractivity contribution in [3.05, 3.63) is 70.0 Å². The number of benzene rings is 1. The van der Waals surface area contributed by atoms with Crippen LogP contribution in [-0.4, -0.2) is 15.8 Å². The third-order valence-electron chi connectivity index (χ3n) is 2.85. The average molecular weight is 271 g/mol. The maximum Gasteiger partial charge on any atom is 0.270 e. The van der Waals surface area contributed by atoms with Crippen molar-refractivity contribution in [1.82, 2.24) is 10.3 Å². The van der Waals surface area contributed by atoms with Gasteiger partial charge in [0.2, 0.25) is 0 Å². The summed E-state index contributed by atoms with van der Waals surface area (Å²) in [6, 6.07) is 9.04. The number of nitrogens with one attached hydrogen (secondary N) is 1. The van der Waals surface area contributed by atoms with Gasteiger partial charge in [-0.3, -0.25) is 19.9 Å². The van der Waals surface area contributed by atoms with Crippen LogP contribution in [0.4, 0.5) is 5.69 Å². The van der Waals surface area contributed by atoms with E-state index in [1.807, 2.05) is 13.0 Å². The summed E-state index contributed by atoms with van der Waals surface area (Å²) >= 11 is 0. The molecule has 0 radical (unpaired) electrons. The lowest BCUT2D eigenvalue weighted by atomic mass is 10.1. The Balaban J connectivity index is 2.12. The van der Waals surface area contributed by atoms with Gasteiger partial charge in [0.25, 0.3) is 11.6 Å². The van der Waals surface area contributed by atoms with Gasteiger partial charge in [-0.15, -0.1) is 0 Å². The molecule has 1 heterocycles. The number of non-ortho nitro benzene ring substituents is 1. The molecule has 0 fully saturated rings. The van der Waals surface area contributed by atoms with Crippen molar-refractivity contribution >= 4 is 11.6 Å². The van der Waals surface area contributed by atoms with E-state index in [4.69, 9.17) is 0 Å². The predicted molar refractivity (Wildman–Crippen MR) is 73.2 cm³/mol. The summed E-state index contributed by atoms with van der Waals surface area (Å²) in [6.45, 7) is 1.83. The minimum Gasteiger partial charge on any atom is -0.345 e. The van der Waals surface area contributed by atoms with Crippen LogP contribution < -0.4 is 5.32 Å². The maximum absolute atomic E-state index is 12.0. The Morgan fingerprint density at radius 2 is 2.15 bits per heavy atom. The van der Waals surface area contributed by atoms with E-state index in [0.717, 1.165) is 5.56 Å². The summed E-state index contributed by atoms with van der Waals surface area (Å²) in [5.74, 6) is -0.356. The first-order valence-electron chi connectivity index (χ1n) is 6.03. The lowest BCUT2D eigenvalue weighted by Crippen LogP contribution is -2.26. The van der Waals surface area contributed by atoms with Crippen molar-refractivity contribution < 1.29 is 9.72 Å². The molecule has 0 spiro atoms. The quantitative estimate of drug-likeness (QED) is 0.683. The molecule has 0 bridgehead atoms. The zero-order chi connectivity index (χ0) is 14.5. The van der Waals surface area contributed by atoms with Crippen LogP contribution in [0.3, 0.4) is 0 Å². The first-order chi connectivity index (χ1) is 9.58. The normalized spacial score (nSPS) is 11.7. The molecular weight excluding hydrogens is 258 g/mol. The average Bonchev–Trinajstić information content (AvgIpc) is 2.48. The summed E-state index contributed by atoms with van der Waals surface area (Å²) in [5.41, 5.74) is 1.02. The molecule has 1 aromatic heterocycles. The minimum atomic E-state index is -0.526. The Hall–Kier alpha value is -2.76. The van der Waals surface area contributed by atoms with Crippen LogP contribution >= 0.6 is 0 Å². The van der Waals surface area contributed by atoms with Crippen molar-refractivity contribution in [1.29, 1.82) is 0 Å². The van der Waals surface area contributed by atoms with E-state index in [1.165, 1.54) is 24.3 Å². The lowest BCUT2D eigenvalue weighted by Gasteiger charge is -2.13. The van der Waals surface area contributed by atoms with E-state index in [1.54, 1.807) is 18.5 Å². The number of carbonyl (C=O) groups excluding carboxylic acids is 1. The molecule has 1 N–H and O–H groups in total. The minimum absolute atomic E-state index is 0.105. The molecule has 20 heavy (non-hydrogen) atoms. The molecule has 1 unspecified atom stereocenters. The largest absolute Gasteiger partial charge is 0.345 e. The van der Waals surface area contributed by atoms with E-state index < -0.39 is 4.92 Å². The maximum atomic E-state index is 12.0. The molecule has 0 saturated heterocycles. The van der Waals surface area contributed by atoms with Crippen molar-refractivity contribution in [2.45, 2.75) is 13.0 Å². The number of hydrogen-bond donors (Lipinski definition) is 1. The van der Waals surface area contributed by atoms with Crippen molar-refractivity contribution in [3.8, 4) is 0 Å². The molecule has 6 nitrogen and oxygen atoms in total. The Morgan fingerprint density at radius 3 is 2.80 bits per heavy atom. The molecule has 1 aromatic carbocycles. The van der Waals surface area contributed by atoms with Gasteiger partial charge in [0.05, 0.1) is 11.0 Å². The molecule has 102 valence electrons. The van der Waals surface area contributed by atoms with Crippen LogP contribution in [0.5, 0.6) is 0 Å². The number of pyridine rings is 1. The van der Waals surface area contributed by atoms with E-state index >= 15 is 0 Å². The van der Waals surface area contributed by atoms with Crippen molar-refractivity contribution in [3.63, 3.8) is 0 Å². The van der Waals surface area contributed by atoms with E-state index in [0.29, 0.717) is 0 Å². The summed E-state index contributed by atoms with van der Waals surface area (Å²) in [7, 11) is 0. The molecule has 2 aromatic rings. The first kappa shape index (κ1) is 13.7. The second-order valence-corrected chi connectivity index (χ2v) is 4.29. The Labute approximate surface area is 115 Å². The number of amides is 1. The fraction of sp³-hybridized carbons (Fsp3) is 0.143. The first-order valence-corrected chi connectivity index (χ1v) is 6.03. The zero-order valence-electron chi connectivity index (χ0n) is 10.8. The van der Waals surface area contributed by atoms with Gasteiger partial charge in [-0.2, -0.15) is 0 Å². The number of nitrogens with zero attached hydrogens (tertiary/aromatic N) is 2. The van der Waals surface area contributed by atoms with Crippen molar-refractivity contribution in [2.24, 2.45) is 0 Å². The van der Waals surface area contributed by atoms with Crippen LogP contribution in [-0.2, 0) is 0 Å². The van der Waals surface area contributed by atoms with Crippen LogP contribution in [0, 0.1) is 10.1 Å². The van der Waals surface area contributed by atoms with Gasteiger partial charge in [-0.25, -0.2) is 0 Å². The molecule has 0 aliphatic heterocycles. The summed E-state index contributed by atoms with van der Waals surface area (Å²) in [6.07, 6.45) is 3.32. The molecule has 0 aliphatic rings. The molecule has 0 saturated carbocycles. The highest BCUT2D eigenvalue weighted by Crippen LogP contribution is 2.15. The highest BCUT2D eigenvalue weighted by molar-refractivity contribution is 5.95. The summed E-state index contributed by atoms with van der Waals surface area (Å²) in [4.78, 5) is 26.2. The number of nitro groups is 1. The van der Waals surface area contributed by atoms with E-state index in [9.17, 15) is 14.9 Å². The zero-order valence-corrected chi connectivity index (χ0v) is 10.8. The molecule has 0 aliphatic carbocycles. The number of nitro benzene ring substituents is 1. The fourth-order valence-electron chi connectivity index (χ4n) is 1.76. The van der Waals surface area contributed by atoms with Gasteiger partial charge in [0.15, 0.2) is 0 Å². The van der Waals surface area contributed by atoms with E-state index in [2.05, 4.69) is 10.3 Å². The third-order valence-corrected chi connectivity index (χ3v) is 2.85. The SMILES string of the molecule is CC(NC(=O)c1cccc([N+](=O)[O-])c1)c1cccnc1. The van der Waals surface area contributed by atoms with Gasteiger partial charge in [0, 0.05) is 30.1 Å². The van der Waals surface area contributed by atoms with Crippen LogP contribution in [0.25, 0.3) is 0 Å². The number of hydrogen-bond acceptors (Lipinski definition) is 4. The Kier molecular flexibility index (Phi) is 4.05. The number of carbonyl (C=O) groups is 1. The topological polar surface area (TPSA) is 85.1 Å². The second kappa shape index (κ2) is 5.92. The van der Waals surface area contributed by atoms with Gasteiger partial charge in [-0.1, -0.05) is 12.1 Å². The second-order valence-electron chi connectivity index (χ2n) is 4.29. The van der Waals surface area contributed by atoms with Gasteiger partial charge >= 0.3 is 0 Å². The summed E-state index contributed by atoms with van der Waals surface area (Å²) < 4.78 is 0. The molecule has 1 atom stereocenters. The number of aromatic nitrogens is 1. The fourth-order valence-corrected chi connectivity index (χ4v) is 1.76. The highest BCUT2D eigenvalue weighted by Gasteiger charge is 2.14. The van der Waals surface area contributed by atoms with Crippen LogP contribution in [0.2, 0.25) is 0 Å². The summed E-state index contributed by atoms with van der Waals surface area (Å²) in [5, 5.41) is 13.5. The van der Waals surface area contributed by atoms with Crippen molar-refractivity contribution in [2.75, 3.05) is 0 Å². The van der Waals surface area contributed by atoms with Crippen LogP contribution in [0.1, 0.15) is 28.9 Å². The molecule has 1 amide bonds.